The van der Waals surface area contributed by atoms with Gasteiger partial charge in [-0.05, 0) is 19.8 Å². The maximum Gasteiger partial charge on any atom is 0.257 e. The smallest absolute Gasteiger partial charge is 0.257 e. The van der Waals surface area contributed by atoms with Gasteiger partial charge in [0.15, 0.2) is 5.16 Å². The van der Waals surface area contributed by atoms with E-state index in [1.54, 1.807) is 29.4 Å². The lowest BCUT2D eigenvalue weighted by atomic mass is 9.95. The number of thioether (sulfide) groups is 1. The molecule has 0 aromatic carbocycles. The minimum atomic E-state index is -0.0616. The van der Waals surface area contributed by atoms with Crippen molar-refractivity contribution in [1.82, 2.24) is 14.9 Å². The number of aryl methyl sites for hydroxylation is 1. The molecule has 2 aliphatic rings. The summed E-state index contributed by atoms with van der Waals surface area (Å²) in [6, 6.07) is 0.264. The standard InChI is InChI=1S/C15H21N3O2S/c1-10-8-16-15-18(14(10)20)12(9-21-15)7-13(19)17-11-5-3-2-4-6-11/h8,11-12H,2-7,9H2,1H3,(H,17,19). The zero-order chi connectivity index (χ0) is 14.8. The summed E-state index contributed by atoms with van der Waals surface area (Å²) in [5, 5.41) is 3.86. The number of hydrogen-bond acceptors (Lipinski definition) is 4. The van der Waals surface area contributed by atoms with Crippen molar-refractivity contribution in [2.24, 2.45) is 0 Å². The summed E-state index contributed by atoms with van der Waals surface area (Å²) in [4.78, 5) is 28.7. The molecule has 1 unspecified atom stereocenters. The second kappa shape index (κ2) is 6.22. The minimum absolute atomic E-state index is 0.0135. The molecule has 1 aliphatic heterocycles. The van der Waals surface area contributed by atoms with Gasteiger partial charge in [-0.2, -0.15) is 0 Å². The lowest BCUT2D eigenvalue weighted by Crippen LogP contribution is -2.38. The van der Waals surface area contributed by atoms with Gasteiger partial charge >= 0.3 is 0 Å². The molecule has 1 fully saturated rings. The van der Waals surface area contributed by atoms with E-state index in [-0.39, 0.29) is 17.5 Å². The summed E-state index contributed by atoms with van der Waals surface area (Å²) < 4.78 is 1.69. The van der Waals surface area contributed by atoms with Gasteiger partial charge in [0.05, 0.1) is 6.04 Å². The lowest BCUT2D eigenvalue weighted by Gasteiger charge is -2.23. The third-order valence-electron chi connectivity index (χ3n) is 4.29. The summed E-state index contributed by atoms with van der Waals surface area (Å²) in [7, 11) is 0. The molecule has 1 amide bonds. The molecule has 0 bridgehead atoms. The minimum Gasteiger partial charge on any atom is -0.353 e. The molecular formula is C15H21N3O2S. The Bertz CT molecular complexity index is 593. The van der Waals surface area contributed by atoms with E-state index in [4.69, 9.17) is 0 Å². The highest BCUT2D eigenvalue weighted by atomic mass is 32.2. The van der Waals surface area contributed by atoms with Crippen LogP contribution in [0.3, 0.4) is 0 Å². The summed E-state index contributed by atoms with van der Waals surface area (Å²) in [6.07, 6.45) is 7.85. The Kier molecular flexibility index (Phi) is 4.33. The van der Waals surface area contributed by atoms with Crippen LogP contribution in [0.2, 0.25) is 0 Å². The Morgan fingerprint density at radius 1 is 1.43 bits per heavy atom. The Hall–Kier alpha value is -1.30. The number of hydrogen-bond donors (Lipinski definition) is 1. The largest absolute Gasteiger partial charge is 0.353 e. The first-order valence-corrected chi connectivity index (χ1v) is 8.64. The fourth-order valence-corrected chi connectivity index (χ4v) is 4.22. The molecule has 1 N–H and O–H groups in total. The van der Waals surface area contributed by atoms with Crippen LogP contribution < -0.4 is 10.9 Å². The van der Waals surface area contributed by atoms with Crippen LogP contribution in [0, 0.1) is 6.92 Å². The van der Waals surface area contributed by atoms with Crippen molar-refractivity contribution in [2.75, 3.05) is 5.75 Å². The monoisotopic (exact) mass is 307 g/mol. The number of nitrogens with zero attached hydrogens (tertiary/aromatic N) is 2. The highest BCUT2D eigenvalue weighted by Gasteiger charge is 2.28. The van der Waals surface area contributed by atoms with E-state index < -0.39 is 0 Å². The second-order valence-corrected chi connectivity index (χ2v) is 6.96. The fraction of sp³-hybridized carbons (Fsp3) is 0.667. The predicted octanol–water partition coefficient (Wildman–Crippen LogP) is 2.04. The number of nitrogens with one attached hydrogen (secondary N) is 1. The van der Waals surface area contributed by atoms with E-state index in [9.17, 15) is 9.59 Å². The van der Waals surface area contributed by atoms with Crippen molar-refractivity contribution in [2.45, 2.75) is 62.7 Å². The Balaban J connectivity index is 1.66. The van der Waals surface area contributed by atoms with Crippen LogP contribution in [0.5, 0.6) is 0 Å². The molecule has 1 saturated carbocycles. The summed E-state index contributed by atoms with van der Waals surface area (Å²) >= 11 is 1.56. The van der Waals surface area contributed by atoms with Gasteiger partial charge in [0.2, 0.25) is 5.91 Å². The van der Waals surface area contributed by atoms with Crippen molar-refractivity contribution in [1.29, 1.82) is 0 Å². The molecule has 21 heavy (non-hydrogen) atoms. The maximum atomic E-state index is 12.2. The maximum absolute atomic E-state index is 12.2. The van der Waals surface area contributed by atoms with Gasteiger partial charge in [-0.3, -0.25) is 14.2 Å². The van der Waals surface area contributed by atoms with Gasteiger partial charge in [0.1, 0.15) is 0 Å². The summed E-state index contributed by atoms with van der Waals surface area (Å²) in [5.41, 5.74) is 0.624. The molecule has 1 aromatic heterocycles. The lowest BCUT2D eigenvalue weighted by molar-refractivity contribution is -0.122. The normalized spacial score (nSPS) is 22.0. The molecule has 0 radical (unpaired) electrons. The number of rotatable bonds is 3. The van der Waals surface area contributed by atoms with Crippen molar-refractivity contribution in [3.63, 3.8) is 0 Å². The molecule has 2 heterocycles. The van der Waals surface area contributed by atoms with Crippen LogP contribution in [-0.2, 0) is 4.79 Å². The average molecular weight is 307 g/mol. The Morgan fingerprint density at radius 2 is 2.19 bits per heavy atom. The third kappa shape index (κ3) is 3.15. The van der Waals surface area contributed by atoms with E-state index in [0.717, 1.165) is 23.8 Å². The molecule has 5 nitrogen and oxygen atoms in total. The second-order valence-electron chi connectivity index (χ2n) is 5.97. The van der Waals surface area contributed by atoms with E-state index in [1.165, 1.54) is 19.3 Å². The first-order chi connectivity index (χ1) is 10.1. The van der Waals surface area contributed by atoms with E-state index in [2.05, 4.69) is 10.3 Å². The fourth-order valence-electron chi connectivity index (χ4n) is 3.12. The molecule has 0 spiro atoms. The van der Waals surface area contributed by atoms with Gasteiger partial charge in [0.25, 0.3) is 5.56 Å². The van der Waals surface area contributed by atoms with Crippen molar-refractivity contribution >= 4 is 17.7 Å². The van der Waals surface area contributed by atoms with Crippen LogP contribution >= 0.6 is 11.8 Å². The molecule has 1 atom stereocenters. The van der Waals surface area contributed by atoms with Crippen LogP contribution in [0.25, 0.3) is 0 Å². The SMILES string of the molecule is Cc1cnc2n(c1=O)C(CC(=O)NC1CCCCC1)CS2. The number of fused-ring (bicyclic) bond motifs is 1. The van der Waals surface area contributed by atoms with E-state index in [0.29, 0.717) is 18.0 Å². The Labute approximate surface area is 128 Å². The highest BCUT2D eigenvalue weighted by molar-refractivity contribution is 7.99. The first-order valence-electron chi connectivity index (χ1n) is 7.65. The number of amides is 1. The zero-order valence-corrected chi connectivity index (χ0v) is 13.1. The van der Waals surface area contributed by atoms with Gasteiger partial charge in [-0.25, -0.2) is 4.98 Å². The van der Waals surface area contributed by atoms with Gasteiger partial charge in [-0.1, -0.05) is 31.0 Å². The topological polar surface area (TPSA) is 64.0 Å². The van der Waals surface area contributed by atoms with Gasteiger partial charge in [-0.15, -0.1) is 0 Å². The highest BCUT2D eigenvalue weighted by Crippen LogP contribution is 2.31. The molecule has 0 saturated heterocycles. The van der Waals surface area contributed by atoms with Crippen molar-refractivity contribution < 1.29 is 4.79 Å². The van der Waals surface area contributed by atoms with Crippen LogP contribution in [0.15, 0.2) is 16.1 Å². The molecule has 114 valence electrons. The number of aromatic nitrogens is 2. The summed E-state index contributed by atoms with van der Waals surface area (Å²) in [6.45, 7) is 1.77. The summed E-state index contributed by atoms with van der Waals surface area (Å²) in [5.74, 6) is 0.817. The van der Waals surface area contributed by atoms with Gasteiger partial charge in [0, 0.05) is 30.0 Å². The van der Waals surface area contributed by atoms with Crippen LogP contribution in [-0.4, -0.2) is 27.3 Å². The zero-order valence-electron chi connectivity index (χ0n) is 12.3. The van der Waals surface area contributed by atoms with Crippen molar-refractivity contribution in [3.8, 4) is 0 Å². The molecule has 6 heteroatoms. The van der Waals surface area contributed by atoms with Crippen molar-refractivity contribution in [3.05, 3.63) is 22.1 Å². The van der Waals surface area contributed by atoms with Gasteiger partial charge < -0.3 is 5.32 Å². The molecule has 1 aromatic rings. The van der Waals surface area contributed by atoms with Crippen LogP contribution in [0.1, 0.15) is 50.1 Å². The quantitative estimate of drug-likeness (QED) is 0.868. The third-order valence-corrected chi connectivity index (χ3v) is 5.40. The molecule has 3 rings (SSSR count). The van der Waals surface area contributed by atoms with E-state index >= 15 is 0 Å². The van der Waals surface area contributed by atoms with E-state index in [1.807, 2.05) is 0 Å². The number of carbonyl (C=O) groups excluding carboxylic acids is 1. The average Bonchev–Trinajstić information content (AvgIpc) is 2.87. The first kappa shape index (κ1) is 14.6. The Morgan fingerprint density at radius 3 is 2.95 bits per heavy atom. The number of carbonyl (C=O) groups is 1. The molecular weight excluding hydrogens is 286 g/mol. The van der Waals surface area contributed by atoms with Crippen LogP contribution in [0.4, 0.5) is 0 Å². The molecule has 1 aliphatic carbocycles. The predicted molar refractivity (Wildman–Crippen MR) is 82.6 cm³/mol.